The Bertz CT molecular complexity index is 1350. The number of benzene rings is 2. The number of thioether (sulfide) groups is 1. The molecular formula is C23H18FN5O3S. The van der Waals surface area contributed by atoms with Gasteiger partial charge in [0.1, 0.15) is 11.6 Å². The highest BCUT2D eigenvalue weighted by Crippen LogP contribution is 2.31. The normalized spacial score (nSPS) is 11.1. The van der Waals surface area contributed by atoms with Gasteiger partial charge in [0.25, 0.3) is 5.89 Å². The van der Waals surface area contributed by atoms with E-state index in [9.17, 15) is 4.39 Å². The van der Waals surface area contributed by atoms with Crippen LogP contribution in [0.1, 0.15) is 12.8 Å². The molecule has 0 spiro atoms. The van der Waals surface area contributed by atoms with E-state index in [0.717, 1.165) is 11.3 Å². The second-order valence-electron chi connectivity index (χ2n) is 6.82. The van der Waals surface area contributed by atoms with Crippen LogP contribution in [0.4, 0.5) is 4.39 Å². The Kier molecular flexibility index (Phi) is 5.90. The summed E-state index contributed by atoms with van der Waals surface area (Å²) in [5, 5.41) is 17.2. The number of furan rings is 1. The third-order valence-corrected chi connectivity index (χ3v) is 5.59. The number of hydrogen-bond donors (Lipinski definition) is 0. The topological polar surface area (TPSA) is 92.0 Å². The molecule has 166 valence electrons. The fraction of sp³-hybridized carbons (Fsp3) is 0.130. The molecule has 0 saturated heterocycles. The summed E-state index contributed by atoms with van der Waals surface area (Å²) in [5.41, 5.74) is 1.12. The van der Waals surface area contributed by atoms with E-state index in [0.29, 0.717) is 46.6 Å². The summed E-state index contributed by atoms with van der Waals surface area (Å²) < 4.78 is 32.9. The molecule has 3 aromatic heterocycles. The minimum atomic E-state index is -0.385. The molecule has 0 aliphatic rings. The van der Waals surface area contributed by atoms with Gasteiger partial charge in [0, 0.05) is 5.56 Å². The molecule has 3 heterocycles. The van der Waals surface area contributed by atoms with Crippen molar-refractivity contribution in [3.05, 3.63) is 78.6 Å². The largest absolute Gasteiger partial charge is 0.494 e. The Morgan fingerprint density at radius 1 is 0.970 bits per heavy atom. The van der Waals surface area contributed by atoms with Crippen molar-refractivity contribution in [1.29, 1.82) is 0 Å². The van der Waals surface area contributed by atoms with Crippen LogP contribution < -0.4 is 4.74 Å². The number of rotatable bonds is 8. The Morgan fingerprint density at radius 2 is 1.82 bits per heavy atom. The van der Waals surface area contributed by atoms with Crippen LogP contribution in [-0.4, -0.2) is 31.6 Å². The summed E-state index contributed by atoms with van der Waals surface area (Å²) in [7, 11) is 0. The highest BCUT2D eigenvalue weighted by molar-refractivity contribution is 7.98. The van der Waals surface area contributed by atoms with Crippen molar-refractivity contribution in [1.82, 2.24) is 25.0 Å². The first-order valence-corrected chi connectivity index (χ1v) is 11.1. The smallest absolute Gasteiger partial charge is 0.283 e. The number of hydrogen-bond acceptors (Lipinski definition) is 8. The molecule has 10 heteroatoms. The van der Waals surface area contributed by atoms with Gasteiger partial charge in [-0.05, 0) is 55.5 Å². The van der Waals surface area contributed by atoms with Crippen molar-refractivity contribution in [2.45, 2.75) is 17.8 Å². The van der Waals surface area contributed by atoms with Gasteiger partial charge in [0.05, 0.1) is 24.3 Å². The van der Waals surface area contributed by atoms with Crippen LogP contribution in [-0.2, 0) is 5.75 Å². The molecular weight excluding hydrogens is 445 g/mol. The van der Waals surface area contributed by atoms with E-state index in [1.807, 2.05) is 31.2 Å². The van der Waals surface area contributed by atoms with Crippen molar-refractivity contribution < 1.29 is 18.0 Å². The number of para-hydroxylation sites is 1. The SMILES string of the molecule is CCOc1ccc(-c2nnc(SCc3nnc(-c4ccco4)o3)n2-c2ccccc2F)cc1. The van der Waals surface area contributed by atoms with Crippen molar-refractivity contribution in [3.8, 4) is 34.5 Å². The van der Waals surface area contributed by atoms with E-state index in [1.54, 1.807) is 34.9 Å². The van der Waals surface area contributed by atoms with Gasteiger partial charge in [-0.2, -0.15) is 0 Å². The van der Waals surface area contributed by atoms with Crippen LogP contribution in [0.25, 0.3) is 28.7 Å². The van der Waals surface area contributed by atoms with Crippen molar-refractivity contribution in [2.75, 3.05) is 6.61 Å². The average molecular weight is 463 g/mol. The molecule has 0 bridgehead atoms. The van der Waals surface area contributed by atoms with Crippen LogP contribution in [0.3, 0.4) is 0 Å². The van der Waals surface area contributed by atoms with Gasteiger partial charge in [0.15, 0.2) is 16.7 Å². The van der Waals surface area contributed by atoms with Gasteiger partial charge >= 0.3 is 0 Å². The summed E-state index contributed by atoms with van der Waals surface area (Å²) in [4.78, 5) is 0. The molecule has 0 aliphatic heterocycles. The van der Waals surface area contributed by atoms with Gasteiger partial charge in [-0.3, -0.25) is 4.57 Å². The van der Waals surface area contributed by atoms with E-state index in [2.05, 4.69) is 20.4 Å². The standard InChI is InChI=1S/C23H18FN5O3S/c1-2-30-16-11-9-15(10-12-16)21-26-28-23(29(21)18-7-4-3-6-17(18)24)33-14-20-25-27-22(32-20)19-8-5-13-31-19/h3-13H,2,14H2,1H3. The zero-order valence-corrected chi connectivity index (χ0v) is 18.3. The first kappa shape index (κ1) is 21.0. The summed E-state index contributed by atoms with van der Waals surface area (Å²) in [5.74, 6) is 2.36. The maximum atomic E-state index is 14.8. The minimum Gasteiger partial charge on any atom is -0.494 e. The lowest BCUT2D eigenvalue weighted by atomic mass is 10.2. The molecule has 0 saturated carbocycles. The van der Waals surface area contributed by atoms with E-state index in [-0.39, 0.29) is 5.82 Å². The molecule has 5 aromatic rings. The van der Waals surface area contributed by atoms with E-state index in [4.69, 9.17) is 13.6 Å². The van der Waals surface area contributed by atoms with Crippen molar-refractivity contribution in [3.63, 3.8) is 0 Å². The number of aromatic nitrogens is 5. The van der Waals surface area contributed by atoms with Gasteiger partial charge in [-0.1, -0.05) is 23.9 Å². The Labute approximate surface area is 192 Å². The van der Waals surface area contributed by atoms with Gasteiger partial charge in [0.2, 0.25) is 5.89 Å². The third-order valence-electron chi connectivity index (χ3n) is 4.67. The molecule has 33 heavy (non-hydrogen) atoms. The first-order valence-electron chi connectivity index (χ1n) is 10.2. The van der Waals surface area contributed by atoms with Crippen LogP contribution in [0.2, 0.25) is 0 Å². The second kappa shape index (κ2) is 9.29. The summed E-state index contributed by atoms with van der Waals surface area (Å²) >= 11 is 1.31. The van der Waals surface area contributed by atoms with E-state index >= 15 is 0 Å². The molecule has 0 unspecified atom stereocenters. The Balaban J connectivity index is 1.46. The second-order valence-corrected chi connectivity index (χ2v) is 7.76. The molecule has 0 aliphatic carbocycles. The van der Waals surface area contributed by atoms with Crippen LogP contribution in [0.15, 0.2) is 80.9 Å². The maximum absolute atomic E-state index is 14.8. The van der Waals surface area contributed by atoms with Gasteiger partial charge < -0.3 is 13.6 Å². The lowest BCUT2D eigenvalue weighted by Gasteiger charge is -2.11. The molecule has 5 rings (SSSR count). The summed E-state index contributed by atoms with van der Waals surface area (Å²) in [6, 6.07) is 17.4. The molecule has 0 N–H and O–H groups in total. The van der Waals surface area contributed by atoms with Crippen LogP contribution in [0, 0.1) is 5.82 Å². The van der Waals surface area contributed by atoms with Crippen molar-refractivity contribution in [2.24, 2.45) is 0 Å². The quantitative estimate of drug-likeness (QED) is 0.282. The van der Waals surface area contributed by atoms with Crippen LogP contribution >= 0.6 is 11.8 Å². The number of nitrogens with zero attached hydrogens (tertiary/aromatic N) is 5. The monoisotopic (exact) mass is 463 g/mol. The van der Waals surface area contributed by atoms with E-state index < -0.39 is 0 Å². The highest BCUT2D eigenvalue weighted by atomic mass is 32.2. The predicted octanol–water partition coefficient (Wildman–Crippen LogP) is 5.41. The van der Waals surface area contributed by atoms with Crippen molar-refractivity contribution >= 4 is 11.8 Å². The fourth-order valence-electron chi connectivity index (χ4n) is 3.21. The molecule has 0 fully saturated rings. The Hall–Kier alpha value is -3.92. The molecule has 0 amide bonds. The zero-order chi connectivity index (χ0) is 22.6. The maximum Gasteiger partial charge on any atom is 0.283 e. The predicted molar refractivity (Wildman–Crippen MR) is 119 cm³/mol. The zero-order valence-electron chi connectivity index (χ0n) is 17.5. The number of halogens is 1. The highest BCUT2D eigenvalue weighted by Gasteiger charge is 2.20. The average Bonchev–Trinajstić information content (AvgIpc) is 3.59. The molecule has 0 radical (unpaired) electrons. The van der Waals surface area contributed by atoms with Gasteiger partial charge in [-0.15, -0.1) is 20.4 Å². The number of ether oxygens (including phenoxy) is 1. The summed E-state index contributed by atoms with van der Waals surface area (Å²) in [6.45, 7) is 2.50. The fourth-order valence-corrected chi connectivity index (χ4v) is 3.99. The lowest BCUT2D eigenvalue weighted by molar-refractivity contribution is 0.340. The van der Waals surface area contributed by atoms with Crippen LogP contribution in [0.5, 0.6) is 5.75 Å². The molecule has 0 atom stereocenters. The van der Waals surface area contributed by atoms with E-state index in [1.165, 1.54) is 24.1 Å². The lowest BCUT2D eigenvalue weighted by Crippen LogP contribution is -2.02. The molecule has 8 nitrogen and oxygen atoms in total. The van der Waals surface area contributed by atoms with Gasteiger partial charge in [-0.25, -0.2) is 4.39 Å². The minimum absolute atomic E-state index is 0.293. The third kappa shape index (κ3) is 4.37. The first-order chi connectivity index (χ1) is 16.2. The molecule has 2 aromatic carbocycles. The Morgan fingerprint density at radius 3 is 2.58 bits per heavy atom. The summed E-state index contributed by atoms with van der Waals surface area (Å²) in [6.07, 6.45) is 1.53.